The molecule has 1 unspecified atom stereocenters. The predicted molar refractivity (Wildman–Crippen MR) is 76.3 cm³/mol. The number of benzene rings is 1. The molecule has 0 bridgehead atoms. The van der Waals surface area contributed by atoms with E-state index >= 15 is 0 Å². The van der Waals surface area contributed by atoms with Crippen LogP contribution >= 0.6 is 0 Å². The van der Waals surface area contributed by atoms with Crippen LogP contribution in [0.4, 0.5) is 4.39 Å². The third-order valence-corrected chi connectivity index (χ3v) is 3.99. The minimum atomic E-state index is -0.131. The Bertz CT molecular complexity index is 422. The molecule has 3 nitrogen and oxygen atoms in total. The van der Waals surface area contributed by atoms with E-state index in [1.807, 2.05) is 6.07 Å². The third-order valence-electron chi connectivity index (χ3n) is 3.99. The topological polar surface area (TPSA) is 32.5 Å². The van der Waals surface area contributed by atoms with Gasteiger partial charge in [0.1, 0.15) is 5.82 Å². The molecule has 1 fully saturated rings. The van der Waals surface area contributed by atoms with E-state index in [2.05, 4.69) is 23.9 Å². The minimum Gasteiger partial charge on any atom is -0.326 e. The van der Waals surface area contributed by atoms with Crippen LogP contribution < -0.4 is 5.73 Å². The zero-order valence-electron chi connectivity index (χ0n) is 11.9. The first-order chi connectivity index (χ1) is 9.10. The van der Waals surface area contributed by atoms with Crippen molar-refractivity contribution in [1.29, 1.82) is 0 Å². The Balaban J connectivity index is 2.03. The first-order valence-corrected chi connectivity index (χ1v) is 6.96. The van der Waals surface area contributed by atoms with Crippen molar-refractivity contribution in [3.05, 3.63) is 35.1 Å². The molecule has 0 aliphatic carbocycles. The Kier molecular flexibility index (Phi) is 4.91. The van der Waals surface area contributed by atoms with Crippen molar-refractivity contribution in [2.75, 3.05) is 27.2 Å². The zero-order chi connectivity index (χ0) is 13.8. The molecule has 0 aromatic heterocycles. The summed E-state index contributed by atoms with van der Waals surface area (Å²) in [5.74, 6) is -0.131. The number of rotatable bonds is 4. The molecule has 2 rings (SSSR count). The van der Waals surface area contributed by atoms with E-state index in [1.54, 1.807) is 6.07 Å². The average molecular weight is 265 g/mol. The smallest absolute Gasteiger partial charge is 0.127 e. The maximum absolute atomic E-state index is 13.8. The van der Waals surface area contributed by atoms with Crippen LogP contribution in [0.3, 0.4) is 0 Å². The Morgan fingerprint density at radius 1 is 1.47 bits per heavy atom. The maximum atomic E-state index is 13.8. The fourth-order valence-electron chi connectivity index (χ4n) is 2.77. The van der Waals surface area contributed by atoms with E-state index in [4.69, 9.17) is 5.73 Å². The van der Waals surface area contributed by atoms with Gasteiger partial charge in [-0.15, -0.1) is 0 Å². The predicted octanol–water partition coefficient (Wildman–Crippen LogP) is 1.81. The van der Waals surface area contributed by atoms with Gasteiger partial charge in [0, 0.05) is 31.2 Å². The van der Waals surface area contributed by atoms with Crippen molar-refractivity contribution < 1.29 is 4.39 Å². The summed E-state index contributed by atoms with van der Waals surface area (Å²) in [7, 11) is 4.23. The Labute approximate surface area is 115 Å². The van der Waals surface area contributed by atoms with Crippen LogP contribution in [0.5, 0.6) is 0 Å². The molecular formula is C15H24FN3. The Morgan fingerprint density at radius 2 is 2.26 bits per heavy atom. The first kappa shape index (κ1) is 14.4. The van der Waals surface area contributed by atoms with Gasteiger partial charge in [-0.2, -0.15) is 0 Å². The molecule has 4 heteroatoms. The van der Waals surface area contributed by atoms with Gasteiger partial charge in [0.05, 0.1) is 0 Å². The van der Waals surface area contributed by atoms with E-state index < -0.39 is 0 Å². The fourth-order valence-corrected chi connectivity index (χ4v) is 2.77. The number of likely N-dealkylation sites (tertiary alicyclic amines) is 1. The molecular weight excluding hydrogens is 241 g/mol. The lowest BCUT2D eigenvalue weighted by atomic mass is 10.0. The van der Waals surface area contributed by atoms with E-state index in [-0.39, 0.29) is 5.82 Å². The molecule has 0 amide bonds. The number of nitrogens with two attached hydrogens (primary N) is 1. The van der Waals surface area contributed by atoms with Gasteiger partial charge >= 0.3 is 0 Å². The number of hydrogen-bond donors (Lipinski definition) is 1. The second-order valence-electron chi connectivity index (χ2n) is 5.60. The summed E-state index contributed by atoms with van der Waals surface area (Å²) in [5, 5.41) is 0. The highest BCUT2D eigenvalue weighted by Crippen LogP contribution is 2.18. The molecule has 1 saturated heterocycles. The number of nitrogens with zero attached hydrogens (tertiary/aromatic N) is 2. The van der Waals surface area contributed by atoms with Crippen molar-refractivity contribution in [2.24, 2.45) is 5.73 Å². The maximum Gasteiger partial charge on any atom is 0.127 e. The highest BCUT2D eigenvalue weighted by atomic mass is 19.1. The summed E-state index contributed by atoms with van der Waals surface area (Å²) >= 11 is 0. The van der Waals surface area contributed by atoms with Crippen LogP contribution in [-0.2, 0) is 13.1 Å². The Hall–Kier alpha value is -0.970. The monoisotopic (exact) mass is 265 g/mol. The van der Waals surface area contributed by atoms with Crippen molar-refractivity contribution in [2.45, 2.75) is 32.0 Å². The molecule has 2 N–H and O–H groups in total. The Morgan fingerprint density at radius 3 is 2.95 bits per heavy atom. The van der Waals surface area contributed by atoms with Gasteiger partial charge in [0.2, 0.25) is 0 Å². The van der Waals surface area contributed by atoms with Gasteiger partial charge in [-0.25, -0.2) is 4.39 Å². The number of halogens is 1. The van der Waals surface area contributed by atoms with Crippen LogP contribution in [-0.4, -0.2) is 43.0 Å². The molecule has 1 aromatic carbocycles. The van der Waals surface area contributed by atoms with Crippen molar-refractivity contribution in [3.63, 3.8) is 0 Å². The second-order valence-corrected chi connectivity index (χ2v) is 5.60. The summed E-state index contributed by atoms with van der Waals surface area (Å²) in [6, 6.07) is 5.68. The summed E-state index contributed by atoms with van der Waals surface area (Å²) < 4.78 is 13.8. The highest BCUT2D eigenvalue weighted by Gasteiger charge is 2.21. The van der Waals surface area contributed by atoms with Gasteiger partial charge in [0.25, 0.3) is 0 Å². The zero-order valence-corrected chi connectivity index (χ0v) is 11.9. The standard InChI is InChI=1S/C15H24FN3/c1-18-7-3-4-14(11-18)19(2)10-13-8-12(9-17)5-6-15(13)16/h5-6,8,14H,3-4,7,9-11,17H2,1-2H3. The molecule has 1 heterocycles. The molecule has 0 saturated carbocycles. The van der Waals surface area contributed by atoms with Gasteiger partial charge in [-0.3, -0.25) is 4.90 Å². The first-order valence-electron chi connectivity index (χ1n) is 6.96. The van der Waals surface area contributed by atoms with Crippen molar-refractivity contribution in [3.8, 4) is 0 Å². The summed E-state index contributed by atoms with van der Waals surface area (Å²) in [6.45, 7) is 3.34. The van der Waals surface area contributed by atoms with Crippen LogP contribution in [0.15, 0.2) is 18.2 Å². The molecule has 1 aliphatic heterocycles. The van der Waals surface area contributed by atoms with E-state index in [1.165, 1.54) is 25.5 Å². The molecule has 106 valence electrons. The molecule has 19 heavy (non-hydrogen) atoms. The van der Waals surface area contributed by atoms with Crippen LogP contribution in [0.2, 0.25) is 0 Å². The van der Waals surface area contributed by atoms with Crippen LogP contribution in [0.25, 0.3) is 0 Å². The van der Waals surface area contributed by atoms with Crippen LogP contribution in [0.1, 0.15) is 24.0 Å². The van der Waals surface area contributed by atoms with E-state index in [0.29, 0.717) is 19.1 Å². The lowest BCUT2D eigenvalue weighted by molar-refractivity contribution is 0.128. The molecule has 1 atom stereocenters. The molecule has 1 aromatic rings. The lowest BCUT2D eigenvalue weighted by Crippen LogP contribution is -2.44. The van der Waals surface area contributed by atoms with Gasteiger partial charge < -0.3 is 10.6 Å². The number of hydrogen-bond acceptors (Lipinski definition) is 3. The second kappa shape index (κ2) is 6.46. The summed E-state index contributed by atoms with van der Waals surface area (Å²) in [6.07, 6.45) is 2.41. The third kappa shape index (κ3) is 3.75. The van der Waals surface area contributed by atoms with Crippen molar-refractivity contribution in [1.82, 2.24) is 9.80 Å². The van der Waals surface area contributed by atoms with Gasteiger partial charge in [0.15, 0.2) is 0 Å². The largest absolute Gasteiger partial charge is 0.326 e. The quantitative estimate of drug-likeness (QED) is 0.901. The SMILES string of the molecule is CN1CCCC(N(C)Cc2cc(CN)ccc2F)C1. The van der Waals surface area contributed by atoms with E-state index in [9.17, 15) is 4.39 Å². The van der Waals surface area contributed by atoms with Crippen molar-refractivity contribution >= 4 is 0 Å². The highest BCUT2D eigenvalue weighted by molar-refractivity contribution is 5.25. The minimum absolute atomic E-state index is 0.131. The van der Waals surface area contributed by atoms with Crippen LogP contribution in [0, 0.1) is 5.82 Å². The average Bonchev–Trinajstić information content (AvgIpc) is 2.41. The number of piperidine rings is 1. The normalized spacial score (nSPS) is 21.0. The van der Waals surface area contributed by atoms with Gasteiger partial charge in [-0.05, 0) is 45.1 Å². The van der Waals surface area contributed by atoms with E-state index in [0.717, 1.165) is 17.7 Å². The van der Waals surface area contributed by atoms with Gasteiger partial charge in [-0.1, -0.05) is 12.1 Å². The molecule has 0 spiro atoms. The lowest BCUT2D eigenvalue weighted by Gasteiger charge is -2.36. The summed E-state index contributed by atoms with van der Waals surface area (Å²) in [5.41, 5.74) is 7.36. The molecule has 1 aliphatic rings. The summed E-state index contributed by atoms with van der Waals surface area (Å²) in [4.78, 5) is 4.60. The molecule has 0 radical (unpaired) electrons. The number of likely N-dealkylation sites (N-methyl/N-ethyl adjacent to an activating group) is 2. The fraction of sp³-hybridized carbons (Fsp3) is 0.600.